The largest absolute Gasteiger partial charge is 0.388 e. The van der Waals surface area contributed by atoms with E-state index in [4.69, 9.17) is 4.74 Å². The van der Waals surface area contributed by atoms with Crippen LogP contribution in [0.15, 0.2) is 4.99 Å². The molecule has 0 spiro atoms. The third-order valence-electron chi connectivity index (χ3n) is 5.21. The number of nitrogens with one attached hydrogen (secondary N) is 2. The predicted octanol–water partition coefficient (Wildman–Crippen LogP) is 2.13. The molecule has 0 bridgehead atoms. The second-order valence-corrected chi connectivity index (χ2v) is 6.83. The molecule has 1 aliphatic rings. The molecular weight excluding hydrogens is 381 g/mol. The molecule has 0 radical (unpaired) electrons. The third kappa shape index (κ3) is 4.45. The molecule has 21 heavy (non-hydrogen) atoms. The quantitative estimate of drug-likeness (QED) is 0.367. The number of hydrogen-bond acceptors (Lipinski definition) is 3. The second-order valence-electron chi connectivity index (χ2n) is 6.83. The molecule has 0 aromatic carbocycles. The van der Waals surface area contributed by atoms with Crippen LogP contribution in [0.1, 0.15) is 47.5 Å². The fraction of sp³-hybridized carbons (Fsp3) is 0.933. The highest BCUT2D eigenvalue weighted by Gasteiger charge is 2.58. The number of hydrogen-bond donors (Lipinski definition) is 3. The van der Waals surface area contributed by atoms with Crippen LogP contribution in [-0.2, 0) is 4.74 Å². The lowest BCUT2D eigenvalue weighted by Crippen LogP contribution is -2.69. The van der Waals surface area contributed by atoms with Crippen molar-refractivity contribution in [3.63, 3.8) is 0 Å². The van der Waals surface area contributed by atoms with Crippen molar-refractivity contribution in [2.75, 3.05) is 20.7 Å². The van der Waals surface area contributed by atoms with Crippen LogP contribution in [-0.4, -0.2) is 49.0 Å². The smallest absolute Gasteiger partial charge is 0.191 e. The zero-order valence-electron chi connectivity index (χ0n) is 14.4. The van der Waals surface area contributed by atoms with Crippen LogP contribution in [0.5, 0.6) is 0 Å². The second kappa shape index (κ2) is 7.46. The van der Waals surface area contributed by atoms with E-state index >= 15 is 0 Å². The molecule has 6 heteroatoms. The van der Waals surface area contributed by atoms with Crippen LogP contribution in [0.4, 0.5) is 0 Å². The molecule has 1 aliphatic carbocycles. The number of nitrogens with zero attached hydrogens (tertiary/aromatic N) is 1. The van der Waals surface area contributed by atoms with Gasteiger partial charge in [-0.05, 0) is 26.7 Å². The van der Waals surface area contributed by atoms with Gasteiger partial charge in [0.1, 0.15) is 0 Å². The molecular formula is C15H32IN3O2. The highest BCUT2D eigenvalue weighted by Crippen LogP contribution is 2.51. The standard InChI is InChI=1S/C15H31N3O2.HI/c1-8-14(4,19)10-17-12(16-6)18-11-9-15(5,20-7)13(11,2)3;/h11,19H,8-10H2,1-7H3,(H2,16,17,18);1H. The Bertz CT molecular complexity index is 372. The summed E-state index contributed by atoms with van der Waals surface area (Å²) in [5, 5.41) is 16.6. The van der Waals surface area contributed by atoms with Gasteiger partial charge in [-0.2, -0.15) is 0 Å². The highest BCUT2D eigenvalue weighted by molar-refractivity contribution is 14.0. The first kappa shape index (κ1) is 20.9. The van der Waals surface area contributed by atoms with E-state index in [9.17, 15) is 5.11 Å². The van der Waals surface area contributed by atoms with Gasteiger partial charge < -0.3 is 20.5 Å². The van der Waals surface area contributed by atoms with Crippen molar-refractivity contribution in [2.45, 2.75) is 64.7 Å². The molecule has 0 saturated heterocycles. The lowest BCUT2D eigenvalue weighted by atomic mass is 9.56. The SMILES string of the molecule is CCC(C)(O)CNC(=NC)NC1CC(C)(OC)C1(C)C.I. The third-order valence-corrected chi connectivity index (χ3v) is 5.21. The Hall–Kier alpha value is -0.0800. The molecule has 3 unspecified atom stereocenters. The zero-order chi connectivity index (χ0) is 15.6. The lowest BCUT2D eigenvalue weighted by molar-refractivity contribution is -0.176. The number of aliphatic hydroxyl groups is 1. The summed E-state index contributed by atoms with van der Waals surface area (Å²) in [6, 6.07) is 0.310. The number of rotatable bonds is 5. The molecule has 126 valence electrons. The number of ether oxygens (including phenoxy) is 1. The van der Waals surface area contributed by atoms with Crippen molar-refractivity contribution in [2.24, 2.45) is 10.4 Å². The van der Waals surface area contributed by atoms with E-state index in [1.807, 2.05) is 13.8 Å². The molecule has 0 aromatic rings. The van der Waals surface area contributed by atoms with Crippen molar-refractivity contribution < 1.29 is 9.84 Å². The summed E-state index contributed by atoms with van der Waals surface area (Å²) in [7, 11) is 3.51. The Morgan fingerprint density at radius 1 is 1.43 bits per heavy atom. The molecule has 5 nitrogen and oxygen atoms in total. The molecule has 0 aromatic heterocycles. The summed E-state index contributed by atoms with van der Waals surface area (Å²) >= 11 is 0. The Kier molecular flexibility index (Phi) is 7.43. The highest BCUT2D eigenvalue weighted by atomic mass is 127. The van der Waals surface area contributed by atoms with Crippen LogP contribution < -0.4 is 10.6 Å². The Morgan fingerprint density at radius 3 is 2.38 bits per heavy atom. The topological polar surface area (TPSA) is 65.9 Å². The maximum absolute atomic E-state index is 10.0. The average molecular weight is 413 g/mol. The molecule has 1 rings (SSSR count). The van der Waals surface area contributed by atoms with Crippen molar-refractivity contribution in [1.29, 1.82) is 0 Å². The number of halogens is 1. The van der Waals surface area contributed by atoms with Crippen LogP contribution in [0.25, 0.3) is 0 Å². The van der Waals surface area contributed by atoms with Gasteiger partial charge in [0.15, 0.2) is 5.96 Å². The van der Waals surface area contributed by atoms with Gasteiger partial charge in [-0.15, -0.1) is 24.0 Å². The van der Waals surface area contributed by atoms with Gasteiger partial charge in [0.2, 0.25) is 0 Å². The normalized spacial score (nSPS) is 30.7. The van der Waals surface area contributed by atoms with E-state index < -0.39 is 5.60 Å². The Balaban J connectivity index is 0.00000400. The monoisotopic (exact) mass is 413 g/mol. The number of guanidine groups is 1. The van der Waals surface area contributed by atoms with Crippen molar-refractivity contribution in [3.05, 3.63) is 0 Å². The van der Waals surface area contributed by atoms with Gasteiger partial charge in [0.25, 0.3) is 0 Å². The number of aliphatic imine (C=N–C) groups is 1. The Labute approximate surface area is 146 Å². The summed E-state index contributed by atoms with van der Waals surface area (Å²) in [5.41, 5.74) is -0.779. The maximum Gasteiger partial charge on any atom is 0.191 e. The van der Waals surface area contributed by atoms with Crippen molar-refractivity contribution >= 4 is 29.9 Å². The summed E-state index contributed by atoms with van der Waals surface area (Å²) in [6.07, 6.45) is 1.65. The van der Waals surface area contributed by atoms with Crippen molar-refractivity contribution in [1.82, 2.24) is 10.6 Å². The summed E-state index contributed by atoms with van der Waals surface area (Å²) in [6.45, 7) is 10.8. The summed E-state index contributed by atoms with van der Waals surface area (Å²) in [4.78, 5) is 4.23. The minimum Gasteiger partial charge on any atom is -0.388 e. The molecule has 0 amide bonds. The first-order valence-corrected chi connectivity index (χ1v) is 7.36. The first-order chi connectivity index (χ1) is 9.12. The van der Waals surface area contributed by atoms with Crippen LogP contribution in [0.2, 0.25) is 0 Å². The molecule has 3 N–H and O–H groups in total. The summed E-state index contributed by atoms with van der Waals surface area (Å²) < 4.78 is 5.63. The zero-order valence-corrected chi connectivity index (χ0v) is 16.7. The lowest BCUT2D eigenvalue weighted by Gasteiger charge is -2.59. The van der Waals surface area contributed by atoms with E-state index in [0.717, 1.165) is 12.4 Å². The van der Waals surface area contributed by atoms with E-state index in [-0.39, 0.29) is 35.0 Å². The van der Waals surface area contributed by atoms with E-state index in [1.54, 1.807) is 14.2 Å². The van der Waals surface area contributed by atoms with Crippen LogP contribution >= 0.6 is 24.0 Å². The maximum atomic E-state index is 10.0. The molecule has 1 fully saturated rings. The molecule has 1 saturated carbocycles. The number of methoxy groups -OCH3 is 1. The minimum atomic E-state index is -0.714. The first-order valence-electron chi connectivity index (χ1n) is 7.36. The fourth-order valence-corrected chi connectivity index (χ4v) is 2.48. The van der Waals surface area contributed by atoms with Gasteiger partial charge >= 0.3 is 0 Å². The van der Waals surface area contributed by atoms with E-state index in [1.165, 1.54) is 0 Å². The van der Waals surface area contributed by atoms with E-state index in [2.05, 4.69) is 36.4 Å². The Morgan fingerprint density at radius 2 is 2.00 bits per heavy atom. The van der Waals surface area contributed by atoms with Gasteiger partial charge in [0.05, 0.1) is 11.2 Å². The fourth-order valence-electron chi connectivity index (χ4n) is 2.48. The minimum absolute atomic E-state index is 0. The van der Waals surface area contributed by atoms with Gasteiger partial charge in [0, 0.05) is 32.2 Å². The molecule has 0 aliphatic heterocycles. The summed E-state index contributed by atoms with van der Waals surface area (Å²) in [5.74, 6) is 0.731. The van der Waals surface area contributed by atoms with Crippen LogP contribution in [0, 0.1) is 5.41 Å². The van der Waals surface area contributed by atoms with Crippen molar-refractivity contribution in [3.8, 4) is 0 Å². The van der Waals surface area contributed by atoms with E-state index in [0.29, 0.717) is 19.0 Å². The van der Waals surface area contributed by atoms with Gasteiger partial charge in [-0.1, -0.05) is 20.8 Å². The van der Waals surface area contributed by atoms with Gasteiger partial charge in [-0.25, -0.2) is 0 Å². The van der Waals surface area contributed by atoms with Crippen LogP contribution in [0.3, 0.4) is 0 Å². The molecule has 0 heterocycles. The average Bonchev–Trinajstić information content (AvgIpc) is 2.41. The predicted molar refractivity (Wildman–Crippen MR) is 98.4 cm³/mol. The van der Waals surface area contributed by atoms with Gasteiger partial charge in [-0.3, -0.25) is 4.99 Å². The molecule has 3 atom stereocenters.